The van der Waals surface area contributed by atoms with Gasteiger partial charge in [-0.05, 0) is 40.5 Å². The van der Waals surface area contributed by atoms with Crippen molar-refractivity contribution >= 4 is 12.1 Å². The third-order valence-corrected chi connectivity index (χ3v) is 3.80. The van der Waals surface area contributed by atoms with Crippen LogP contribution in [0.3, 0.4) is 0 Å². The molecule has 0 bridgehead atoms. The molecule has 5 nitrogen and oxygen atoms in total. The summed E-state index contributed by atoms with van der Waals surface area (Å²) in [7, 11) is 0. The third-order valence-electron chi connectivity index (χ3n) is 3.80. The molecule has 1 saturated carbocycles. The van der Waals surface area contributed by atoms with E-state index in [1.54, 1.807) is 4.90 Å². The number of amides is 1. The van der Waals surface area contributed by atoms with Crippen LogP contribution in [0.4, 0.5) is 4.79 Å². The first-order chi connectivity index (χ1) is 8.77. The molecule has 2 rings (SSSR count). The largest absolute Gasteiger partial charge is 0.466 e. The van der Waals surface area contributed by atoms with Crippen molar-refractivity contribution in [1.82, 2.24) is 4.90 Å². The highest BCUT2D eigenvalue weighted by Crippen LogP contribution is 2.59. The van der Waals surface area contributed by atoms with Crippen LogP contribution in [0.25, 0.3) is 0 Å². The highest BCUT2D eigenvalue weighted by Gasteiger charge is 2.62. The Kier molecular flexibility index (Phi) is 3.49. The molecule has 2 fully saturated rings. The highest BCUT2D eigenvalue weighted by atomic mass is 16.6. The summed E-state index contributed by atoms with van der Waals surface area (Å²) in [6.45, 7) is 9.09. The predicted octanol–water partition coefficient (Wildman–Crippen LogP) is 2.20. The van der Waals surface area contributed by atoms with Gasteiger partial charge in [0, 0.05) is 18.5 Å². The Labute approximate surface area is 114 Å². The smallest absolute Gasteiger partial charge is 0.410 e. The average Bonchev–Trinajstić information content (AvgIpc) is 2.77. The number of hydrogen-bond acceptors (Lipinski definition) is 4. The number of ether oxygens (including phenoxy) is 2. The molecule has 2 aliphatic rings. The fourth-order valence-corrected chi connectivity index (χ4v) is 2.75. The summed E-state index contributed by atoms with van der Waals surface area (Å²) < 4.78 is 10.4. The Hall–Kier alpha value is -1.26. The first-order valence-corrected chi connectivity index (χ1v) is 6.92. The Morgan fingerprint density at radius 3 is 2.63 bits per heavy atom. The van der Waals surface area contributed by atoms with E-state index < -0.39 is 5.60 Å². The molecule has 0 radical (unpaired) electrons. The van der Waals surface area contributed by atoms with Gasteiger partial charge in [0.05, 0.1) is 12.5 Å². The van der Waals surface area contributed by atoms with E-state index in [1.165, 1.54) is 0 Å². The second kappa shape index (κ2) is 4.69. The molecule has 2 atom stereocenters. The fraction of sp³-hybridized carbons (Fsp3) is 0.857. The van der Waals surface area contributed by atoms with Gasteiger partial charge in [0.2, 0.25) is 0 Å². The van der Waals surface area contributed by atoms with Crippen molar-refractivity contribution in [3.05, 3.63) is 0 Å². The summed E-state index contributed by atoms with van der Waals surface area (Å²) in [6.07, 6.45) is 1.43. The van der Waals surface area contributed by atoms with Crippen molar-refractivity contribution in [2.75, 3.05) is 19.7 Å². The van der Waals surface area contributed by atoms with Crippen LogP contribution < -0.4 is 0 Å². The van der Waals surface area contributed by atoms with Gasteiger partial charge in [-0.25, -0.2) is 4.79 Å². The van der Waals surface area contributed by atoms with E-state index in [1.807, 2.05) is 27.7 Å². The topological polar surface area (TPSA) is 55.8 Å². The van der Waals surface area contributed by atoms with Crippen LogP contribution in [0.2, 0.25) is 0 Å². The zero-order valence-corrected chi connectivity index (χ0v) is 12.2. The maximum atomic E-state index is 12.0. The molecule has 1 amide bonds. The lowest BCUT2D eigenvalue weighted by Gasteiger charge is -2.24. The first-order valence-electron chi connectivity index (χ1n) is 6.92. The number of esters is 1. The molecule has 1 aliphatic heterocycles. The minimum atomic E-state index is -0.475. The molecule has 5 heteroatoms. The minimum Gasteiger partial charge on any atom is -0.466 e. The quantitative estimate of drug-likeness (QED) is 0.721. The van der Waals surface area contributed by atoms with Gasteiger partial charge in [0.15, 0.2) is 0 Å². The molecule has 0 aromatic heterocycles. The van der Waals surface area contributed by atoms with E-state index in [-0.39, 0.29) is 23.4 Å². The van der Waals surface area contributed by atoms with E-state index in [0.29, 0.717) is 19.7 Å². The minimum absolute atomic E-state index is 0.0279. The monoisotopic (exact) mass is 269 g/mol. The molecule has 0 aromatic carbocycles. The van der Waals surface area contributed by atoms with Crippen molar-refractivity contribution in [3.8, 4) is 0 Å². The van der Waals surface area contributed by atoms with Crippen molar-refractivity contribution in [2.24, 2.45) is 11.3 Å². The van der Waals surface area contributed by atoms with Crippen LogP contribution in [0.1, 0.15) is 40.5 Å². The van der Waals surface area contributed by atoms with Gasteiger partial charge >= 0.3 is 12.1 Å². The van der Waals surface area contributed by atoms with Crippen molar-refractivity contribution in [2.45, 2.75) is 46.1 Å². The Balaban J connectivity index is 1.88. The predicted molar refractivity (Wildman–Crippen MR) is 69.6 cm³/mol. The van der Waals surface area contributed by atoms with Crippen LogP contribution >= 0.6 is 0 Å². The zero-order valence-electron chi connectivity index (χ0n) is 12.2. The maximum absolute atomic E-state index is 12.0. The fourth-order valence-electron chi connectivity index (χ4n) is 2.75. The molecule has 1 heterocycles. The number of hydrogen-bond donors (Lipinski definition) is 0. The number of nitrogens with zero attached hydrogens (tertiary/aromatic N) is 1. The van der Waals surface area contributed by atoms with E-state index >= 15 is 0 Å². The summed E-state index contributed by atoms with van der Waals surface area (Å²) in [6, 6.07) is 0. The van der Waals surface area contributed by atoms with E-state index in [0.717, 1.165) is 12.8 Å². The molecule has 1 spiro atoms. The van der Waals surface area contributed by atoms with Gasteiger partial charge in [-0.2, -0.15) is 0 Å². The molecule has 0 N–H and O–H groups in total. The van der Waals surface area contributed by atoms with Gasteiger partial charge in [-0.1, -0.05) is 0 Å². The lowest BCUT2D eigenvalue weighted by Crippen LogP contribution is -2.35. The number of rotatable bonds is 2. The highest BCUT2D eigenvalue weighted by molar-refractivity contribution is 5.78. The summed E-state index contributed by atoms with van der Waals surface area (Å²) in [5.74, 6) is -0.145. The van der Waals surface area contributed by atoms with E-state index in [4.69, 9.17) is 9.47 Å². The van der Waals surface area contributed by atoms with Crippen molar-refractivity contribution in [1.29, 1.82) is 0 Å². The van der Waals surface area contributed by atoms with Gasteiger partial charge in [-0.3, -0.25) is 4.79 Å². The lowest BCUT2D eigenvalue weighted by molar-refractivity contribution is -0.145. The van der Waals surface area contributed by atoms with Crippen LogP contribution in [0, 0.1) is 11.3 Å². The van der Waals surface area contributed by atoms with Crippen LogP contribution in [-0.4, -0.2) is 42.3 Å². The first kappa shape index (κ1) is 14.2. The van der Waals surface area contributed by atoms with Crippen molar-refractivity contribution in [3.63, 3.8) is 0 Å². The molecule has 1 aliphatic carbocycles. The normalized spacial score (nSPS) is 29.5. The average molecular weight is 269 g/mol. The summed E-state index contributed by atoms with van der Waals surface area (Å²) in [5, 5.41) is 0. The Morgan fingerprint density at radius 1 is 1.37 bits per heavy atom. The van der Waals surface area contributed by atoms with Gasteiger partial charge < -0.3 is 14.4 Å². The summed E-state index contributed by atoms with van der Waals surface area (Å²) >= 11 is 0. The van der Waals surface area contributed by atoms with Crippen LogP contribution in [-0.2, 0) is 14.3 Å². The molecule has 19 heavy (non-hydrogen) atoms. The van der Waals surface area contributed by atoms with Gasteiger partial charge in [0.25, 0.3) is 0 Å². The molecular weight excluding hydrogens is 246 g/mol. The zero-order chi connectivity index (χ0) is 14.3. The molecule has 1 unspecified atom stereocenters. The SMILES string of the molecule is CCOC(=O)C1C[C@]12CCN(C(=O)OC(C)(C)C)C2. The molecule has 1 saturated heterocycles. The number of carbonyl (C=O) groups is 2. The van der Waals surface area contributed by atoms with Crippen LogP contribution in [0.15, 0.2) is 0 Å². The second-order valence-electron chi connectivity index (χ2n) is 6.52. The van der Waals surface area contributed by atoms with E-state index in [2.05, 4.69) is 0 Å². The molecule has 0 aromatic rings. The standard InChI is InChI=1S/C14H23NO4/c1-5-18-11(16)10-8-14(10)6-7-15(9-14)12(17)19-13(2,3)4/h10H,5-9H2,1-4H3/t10?,14-/m0/s1. The summed E-state index contributed by atoms with van der Waals surface area (Å²) in [4.78, 5) is 25.4. The maximum Gasteiger partial charge on any atom is 0.410 e. The molecule has 108 valence electrons. The van der Waals surface area contributed by atoms with Gasteiger partial charge in [-0.15, -0.1) is 0 Å². The van der Waals surface area contributed by atoms with Gasteiger partial charge in [0.1, 0.15) is 5.60 Å². The number of likely N-dealkylation sites (tertiary alicyclic amines) is 1. The van der Waals surface area contributed by atoms with Crippen molar-refractivity contribution < 1.29 is 19.1 Å². The Morgan fingerprint density at radius 2 is 2.05 bits per heavy atom. The Bertz CT molecular complexity index is 387. The summed E-state index contributed by atoms with van der Waals surface area (Å²) in [5.41, 5.74) is -0.514. The number of carbonyl (C=O) groups excluding carboxylic acids is 2. The second-order valence-corrected chi connectivity index (χ2v) is 6.52. The van der Waals surface area contributed by atoms with E-state index in [9.17, 15) is 9.59 Å². The lowest BCUT2D eigenvalue weighted by atomic mass is 10.0. The molecular formula is C14H23NO4. The third kappa shape index (κ3) is 3.01. The van der Waals surface area contributed by atoms with Crippen LogP contribution in [0.5, 0.6) is 0 Å².